The lowest BCUT2D eigenvalue weighted by Crippen LogP contribution is -2.16. The van der Waals surface area contributed by atoms with Gasteiger partial charge in [-0.3, -0.25) is 14.4 Å². The molecule has 1 heterocycles. The number of fused-ring (bicyclic) bond motifs is 1. The number of hydrogen-bond acceptors (Lipinski definition) is 5. The number of hydrogen-bond donors (Lipinski definition) is 1. The van der Waals surface area contributed by atoms with Crippen molar-refractivity contribution in [1.29, 1.82) is 0 Å². The highest BCUT2D eigenvalue weighted by Gasteiger charge is 2.25. The van der Waals surface area contributed by atoms with Crippen LogP contribution in [0.25, 0.3) is 11.0 Å². The van der Waals surface area contributed by atoms with E-state index in [2.05, 4.69) is 5.32 Å². The number of aryl methyl sites for hydroxylation is 1. The Kier molecular flexibility index (Phi) is 5.55. The number of rotatable bonds is 5. The number of carbonyl (C=O) groups excluding carboxylic acids is 3. The van der Waals surface area contributed by atoms with E-state index in [1.54, 1.807) is 43.3 Å². The number of nitrogens with one attached hydrogen (secondary N) is 1. The zero-order valence-corrected chi connectivity index (χ0v) is 17.3. The molecule has 4 rings (SSSR count). The van der Waals surface area contributed by atoms with E-state index < -0.39 is 23.5 Å². The SMILES string of the molecule is CC(=O)Oc1ccccc1C(=O)Nc1c(C(=O)c2ccc(C)c(F)c2)oc2ccccc12. The van der Waals surface area contributed by atoms with E-state index in [1.165, 1.54) is 31.2 Å². The van der Waals surface area contributed by atoms with Crippen LogP contribution in [0, 0.1) is 12.7 Å². The lowest BCUT2D eigenvalue weighted by atomic mass is 10.0. The number of para-hydroxylation sites is 2. The summed E-state index contributed by atoms with van der Waals surface area (Å²) >= 11 is 0. The molecule has 0 aliphatic heterocycles. The monoisotopic (exact) mass is 431 g/mol. The zero-order valence-electron chi connectivity index (χ0n) is 17.3. The average Bonchev–Trinajstić information content (AvgIpc) is 3.13. The highest BCUT2D eigenvalue weighted by Crippen LogP contribution is 2.33. The molecule has 0 aliphatic carbocycles. The fourth-order valence-electron chi connectivity index (χ4n) is 3.27. The first-order chi connectivity index (χ1) is 15.3. The summed E-state index contributed by atoms with van der Waals surface area (Å²) < 4.78 is 24.9. The summed E-state index contributed by atoms with van der Waals surface area (Å²) in [6.07, 6.45) is 0. The van der Waals surface area contributed by atoms with Crippen LogP contribution in [0.15, 0.2) is 71.1 Å². The fraction of sp³-hybridized carbons (Fsp3) is 0.0800. The smallest absolute Gasteiger partial charge is 0.308 e. The minimum atomic E-state index is -0.600. The van der Waals surface area contributed by atoms with Crippen molar-refractivity contribution in [3.63, 3.8) is 0 Å². The van der Waals surface area contributed by atoms with Gasteiger partial charge in [-0.05, 0) is 42.8 Å². The molecular weight excluding hydrogens is 413 g/mol. The van der Waals surface area contributed by atoms with Crippen LogP contribution in [0.2, 0.25) is 0 Å². The van der Waals surface area contributed by atoms with Crippen LogP contribution < -0.4 is 10.1 Å². The van der Waals surface area contributed by atoms with Crippen molar-refractivity contribution in [2.24, 2.45) is 0 Å². The van der Waals surface area contributed by atoms with E-state index in [-0.39, 0.29) is 28.3 Å². The van der Waals surface area contributed by atoms with Crippen molar-refractivity contribution in [3.05, 3.63) is 95.0 Å². The number of benzene rings is 3. The van der Waals surface area contributed by atoms with Gasteiger partial charge in [0.1, 0.15) is 17.1 Å². The van der Waals surface area contributed by atoms with Crippen LogP contribution in [-0.4, -0.2) is 17.7 Å². The molecule has 0 radical (unpaired) electrons. The largest absolute Gasteiger partial charge is 0.450 e. The number of esters is 1. The molecule has 0 bridgehead atoms. The standard InChI is InChI=1S/C25H18FNO5/c1-14-11-12-16(13-19(14)26)23(29)24-22(17-7-3-5-9-20(17)32-24)27-25(30)18-8-4-6-10-21(18)31-15(2)28/h3-13H,1-2H3,(H,27,30). The number of furan rings is 1. The first kappa shape index (κ1) is 21.0. The lowest BCUT2D eigenvalue weighted by molar-refractivity contribution is -0.131. The summed E-state index contributed by atoms with van der Waals surface area (Å²) in [7, 11) is 0. The third kappa shape index (κ3) is 4.00. The van der Waals surface area contributed by atoms with E-state index in [1.807, 2.05) is 0 Å². The Morgan fingerprint density at radius 3 is 2.44 bits per heavy atom. The summed E-state index contributed by atoms with van der Waals surface area (Å²) in [5, 5.41) is 3.20. The molecule has 4 aromatic rings. The summed E-state index contributed by atoms with van der Waals surface area (Å²) in [5.74, 6) is -2.32. The van der Waals surface area contributed by atoms with Crippen molar-refractivity contribution in [1.82, 2.24) is 0 Å². The van der Waals surface area contributed by atoms with Gasteiger partial charge in [-0.2, -0.15) is 0 Å². The maximum Gasteiger partial charge on any atom is 0.308 e. The van der Waals surface area contributed by atoms with Crippen molar-refractivity contribution in [3.8, 4) is 5.75 Å². The molecule has 0 spiro atoms. The Bertz CT molecular complexity index is 1370. The summed E-state index contributed by atoms with van der Waals surface area (Å²) in [6, 6.07) is 17.2. The van der Waals surface area contributed by atoms with Gasteiger partial charge in [-0.1, -0.05) is 36.4 Å². The predicted molar refractivity (Wildman–Crippen MR) is 116 cm³/mol. The molecule has 0 saturated heterocycles. The van der Waals surface area contributed by atoms with E-state index in [4.69, 9.17) is 9.15 Å². The highest BCUT2D eigenvalue weighted by atomic mass is 19.1. The molecule has 160 valence electrons. The molecule has 0 fully saturated rings. The Balaban J connectivity index is 1.78. The Labute approximate surface area is 182 Å². The van der Waals surface area contributed by atoms with Crippen molar-refractivity contribution >= 4 is 34.3 Å². The molecular formula is C25H18FNO5. The van der Waals surface area contributed by atoms with E-state index in [0.717, 1.165) is 6.07 Å². The number of anilines is 1. The van der Waals surface area contributed by atoms with E-state index in [0.29, 0.717) is 16.5 Å². The van der Waals surface area contributed by atoms with Crippen molar-refractivity contribution < 1.29 is 27.9 Å². The van der Waals surface area contributed by atoms with Crippen LogP contribution >= 0.6 is 0 Å². The van der Waals surface area contributed by atoms with Crippen LogP contribution in [-0.2, 0) is 4.79 Å². The van der Waals surface area contributed by atoms with E-state index in [9.17, 15) is 18.8 Å². The van der Waals surface area contributed by atoms with Gasteiger partial charge in [0.15, 0.2) is 5.76 Å². The number of ketones is 1. The van der Waals surface area contributed by atoms with Gasteiger partial charge in [0, 0.05) is 17.9 Å². The molecule has 0 aliphatic rings. The number of carbonyl (C=O) groups is 3. The van der Waals surface area contributed by atoms with Gasteiger partial charge in [-0.15, -0.1) is 0 Å². The fourth-order valence-corrected chi connectivity index (χ4v) is 3.27. The molecule has 1 aromatic heterocycles. The number of halogens is 1. The molecule has 0 saturated carbocycles. The minimum Gasteiger partial charge on any atom is -0.450 e. The van der Waals surface area contributed by atoms with Crippen molar-refractivity contribution in [2.45, 2.75) is 13.8 Å². The highest BCUT2D eigenvalue weighted by molar-refractivity contribution is 6.19. The molecule has 3 aromatic carbocycles. The van der Waals surface area contributed by atoms with Gasteiger partial charge < -0.3 is 14.5 Å². The number of amides is 1. The van der Waals surface area contributed by atoms with Gasteiger partial charge in [-0.25, -0.2) is 4.39 Å². The molecule has 1 amide bonds. The average molecular weight is 431 g/mol. The summed E-state index contributed by atoms with van der Waals surface area (Å²) in [6.45, 7) is 2.83. The Hall–Kier alpha value is -4.26. The second-order valence-corrected chi connectivity index (χ2v) is 7.14. The Morgan fingerprint density at radius 1 is 0.969 bits per heavy atom. The topological polar surface area (TPSA) is 85.6 Å². The first-order valence-electron chi connectivity index (χ1n) is 9.76. The molecule has 32 heavy (non-hydrogen) atoms. The van der Waals surface area contributed by atoms with Crippen LogP contribution in [0.1, 0.15) is 39.0 Å². The van der Waals surface area contributed by atoms with Crippen molar-refractivity contribution in [2.75, 3.05) is 5.32 Å². The molecule has 0 unspecified atom stereocenters. The van der Waals surface area contributed by atoms with Crippen LogP contribution in [0.3, 0.4) is 0 Å². The van der Waals surface area contributed by atoms with Gasteiger partial charge in [0.25, 0.3) is 5.91 Å². The maximum absolute atomic E-state index is 14.0. The first-order valence-corrected chi connectivity index (χ1v) is 9.76. The predicted octanol–water partition coefficient (Wildman–Crippen LogP) is 5.29. The maximum atomic E-state index is 14.0. The normalized spacial score (nSPS) is 10.7. The molecule has 1 N–H and O–H groups in total. The summed E-state index contributed by atoms with van der Waals surface area (Å²) in [5.41, 5.74) is 1.12. The summed E-state index contributed by atoms with van der Waals surface area (Å²) in [4.78, 5) is 37.6. The van der Waals surface area contributed by atoms with E-state index >= 15 is 0 Å². The van der Waals surface area contributed by atoms with Gasteiger partial charge >= 0.3 is 5.97 Å². The third-order valence-corrected chi connectivity index (χ3v) is 4.86. The van der Waals surface area contributed by atoms with Crippen LogP contribution in [0.5, 0.6) is 5.75 Å². The van der Waals surface area contributed by atoms with Crippen LogP contribution in [0.4, 0.5) is 10.1 Å². The molecule has 6 nitrogen and oxygen atoms in total. The molecule has 7 heteroatoms. The van der Waals surface area contributed by atoms with Gasteiger partial charge in [0.05, 0.1) is 11.3 Å². The zero-order chi connectivity index (χ0) is 22.8. The second-order valence-electron chi connectivity index (χ2n) is 7.14. The molecule has 0 atom stereocenters. The van der Waals surface area contributed by atoms with Gasteiger partial charge in [0.2, 0.25) is 5.78 Å². The minimum absolute atomic E-state index is 0.0822. The Morgan fingerprint density at radius 2 is 1.69 bits per heavy atom. The number of ether oxygens (including phenoxy) is 1. The second kappa shape index (κ2) is 8.47. The quantitative estimate of drug-likeness (QED) is 0.264. The third-order valence-electron chi connectivity index (χ3n) is 4.86. The lowest BCUT2D eigenvalue weighted by Gasteiger charge is -2.10.